The summed E-state index contributed by atoms with van der Waals surface area (Å²) < 4.78 is 0.775. The highest BCUT2D eigenvalue weighted by atomic mass is 32.2. The molecule has 0 saturated carbocycles. The van der Waals surface area contributed by atoms with Crippen LogP contribution in [0.25, 0.3) is 0 Å². The zero-order chi connectivity index (χ0) is 12.8. The fraction of sp³-hybridized carbons (Fsp3) is 0.182. The van der Waals surface area contributed by atoms with Gasteiger partial charge in [0.1, 0.15) is 0 Å². The Morgan fingerprint density at radius 2 is 2.11 bits per heavy atom. The molecule has 0 unspecified atom stereocenters. The van der Waals surface area contributed by atoms with Gasteiger partial charge in [-0.1, -0.05) is 41.3 Å². The third-order valence-corrected chi connectivity index (χ3v) is 4.01. The average molecular weight is 280 g/mol. The summed E-state index contributed by atoms with van der Waals surface area (Å²) in [4.78, 5) is 11.1. The first kappa shape index (κ1) is 12.8. The zero-order valence-electron chi connectivity index (χ0n) is 9.71. The van der Waals surface area contributed by atoms with E-state index in [4.69, 9.17) is 0 Å². The molecule has 2 rings (SSSR count). The van der Waals surface area contributed by atoms with Crippen molar-refractivity contribution >= 4 is 39.8 Å². The molecule has 1 heterocycles. The SMILES string of the molecule is CNC(=O)CSc1nnc(Nc2ccccc2)s1. The van der Waals surface area contributed by atoms with Crippen molar-refractivity contribution < 1.29 is 4.79 Å². The Labute approximate surface area is 113 Å². The molecule has 0 spiro atoms. The number of carbonyl (C=O) groups is 1. The summed E-state index contributed by atoms with van der Waals surface area (Å²) in [6.07, 6.45) is 0. The first-order valence-electron chi connectivity index (χ1n) is 5.27. The van der Waals surface area contributed by atoms with Gasteiger partial charge in [0.25, 0.3) is 0 Å². The van der Waals surface area contributed by atoms with E-state index in [0.717, 1.165) is 15.2 Å². The minimum atomic E-state index is -0.0206. The second kappa shape index (κ2) is 6.36. The number of anilines is 2. The fourth-order valence-corrected chi connectivity index (χ4v) is 2.81. The molecule has 1 aromatic heterocycles. The van der Waals surface area contributed by atoms with Gasteiger partial charge in [-0.05, 0) is 12.1 Å². The molecule has 0 aliphatic heterocycles. The lowest BCUT2D eigenvalue weighted by Gasteiger charge is -1.99. The number of hydrogen-bond donors (Lipinski definition) is 2. The van der Waals surface area contributed by atoms with Gasteiger partial charge >= 0.3 is 0 Å². The molecule has 0 fully saturated rings. The molecule has 5 nitrogen and oxygen atoms in total. The highest BCUT2D eigenvalue weighted by Gasteiger charge is 2.07. The molecule has 18 heavy (non-hydrogen) atoms. The summed E-state index contributed by atoms with van der Waals surface area (Å²) >= 11 is 2.81. The first-order valence-corrected chi connectivity index (χ1v) is 7.07. The number of carbonyl (C=O) groups excluding carboxylic acids is 1. The van der Waals surface area contributed by atoms with Crippen molar-refractivity contribution in [1.82, 2.24) is 15.5 Å². The molecule has 2 N–H and O–H groups in total. The lowest BCUT2D eigenvalue weighted by atomic mass is 10.3. The lowest BCUT2D eigenvalue weighted by molar-refractivity contribution is -0.118. The van der Waals surface area contributed by atoms with Crippen molar-refractivity contribution in [3.05, 3.63) is 30.3 Å². The number of hydrogen-bond acceptors (Lipinski definition) is 6. The van der Waals surface area contributed by atoms with Crippen molar-refractivity contribution in [2.24, 2.45) is 0 Å². The standard InChI is InChI=1S/C11H12N4OS2/c1-12-9(16)7-17-11-15-14-10(18-11)13-8-5-3-2-4-6-8/h2-6H,7H2,1H3,(H,12,16)(H,13,14). The van der Waals surface area contributed by atoms with E-state index in [-0.39, 0.29) is 5.91 Å². The van der Waals surface area contributed by atoms with Gasteiger partial charge in [-0.15, -0.1) is 10.2 Å². The van der Waals surface area contributed by atoms with E-state index in [2.05, 4.69) is 20.8 Å². The Balaban J connectivity index is 1.92. The number of nitrogens with one attached hydrogen (secondary N) is 2. The monoisotopic (exact) mass is 280 g/mol. The maximum Gasteiger partial charge on any atom is 0.230 e. The maximum atomic E-state index is 11.1. The van der Waals surface area contributed by atoms with E-state index in [1.165, 1.54) is 23.1 Å². The van der Waals surface area contributed by atoms with Crippen molar-refractivity contribution in [3.63, 3.8) is 0 Å². The Hall–Kier alpha value is -1.60. The Bertz CT molecular complexity index is 515. The molecule has 2 aromatic rings. The van der Waals surface area contributed by atoms with Crippen LogP contribution in [0.1, 0.15) is 0 Å². The van der Waals surface area contributed by atoms with Crippen LogP contribution >= 0.6 is 23.1 Å². The van der Waals surface area contributed by atoms with Gasteiger partial charge in [0.2, 0.25) is 11.0 Å². The molecule has 0 bridgehead atoms. The molecule has 0 radical (unpaired) electrons. The largest absolute Gasteiger partial charge is 0.358 e. The van der Waals surface area contributed by atoms with Gasteiger partial charge in [-0.3, -0.25) is 4.79 Å². The molecule has 94 valence electrons. The van der Waals surface area contributed by atoms with Crippen molar-refractivity contribution in [1.29, 1.82) is 0 Å². The van der Waals surface area contributed by atoms with Crippen LogP contribution in [0.3, 0.4) is 0 Å². The topological polar surface area (TPSA) is 66.9 Å². The van der Waals surface area contributed by atoms with Crippen LogP contribution in [0.2, 0.25) is 0 Å². The van der Waals surface area contributed by atoms with Crippen LogP contribution in [-0.4, -0.2) is 28.9 Å². The van der Waals surface area contributed by atoms with E-state index < -0.39 is 0 Å². The van der Waals surface area contributed by atoms with Crippen LogP contribution < -0.4 is 10.6 Å². The normalized spacial score (nSPS) is 10.1. The van der Waals surface area contributed by atoms with Crippen LogP contribution in [-0.2, 0) is 4.79 Å². The van der Waals surface area contributed by atoms with E-state index in [1.54, 1.807) is 7.05 Å². The van der Waals surface area contributed by atoms with Gasteiger partial charge in [0.15, 0.2) is 4.34 Å². The van der Waals surface area contributed by atoms with E-state index in [1.807, 2.05) is 30.3 Å². The fourth-order valence-electron chi connectivity index (χ4n) is 1.16. The van der Waals surface area contributed by atoms with Gasteiger partial charge in [0.05, 0.1) is 5.75 Å². The van der Waals surface area contributed by atoms with Crippen molar-refractivity contribution in [2.75, 3.05) is 18.1 Å². The molecular weight excluding hydrogens is 268 g/mol. The van der Waals surface area contributed by atoms with Gasteiger partial charge < -0.3 is 10.6 Å². The average Bonchev–Trinajstić information content (AvgIpc) is 2.85. The summed E-state index contributed by atoms with van der Waals surface area (Å²) in [6, 6.07) is 9.77. The predicted molar refractivity (Wildman–Crippen MR) is 74.4 cm³/mol. The Morgan fingerprint density at radius 3 is 2.83 bits per heavy atom. The second-order valence-electron chi connectivity index (χ2n) is 3.33. The molecule has 0 aliphatic carbocycles. The maximum absolute atomic E-state index is 11.1. The highest BCUT2D eigenvalue weighted by molar-refractivity contribution is 8.01. The van der Waals surface area contributed by atoms with E-state index >= 15 is 0 Å². The van der Waals surface area contributed by atoms with Crippen LogP contribution in [0.15, 0.2) is 34.7 Å². The number of rotatable bonds is 5. The summed E-state index contributed by atoms with van der Waals surface area (Å²) in [5, 5.41) is 14.5. The van der Waals surface area contributed by atoms with Crippen LogP contribution in [0, 0.1) is 0 Å². The smallest absolute Gasteiger partial charge is 0.230 e. The number of aromatic nitrogens is 2. The third-order valence-electron chi connectivity index (χ3n) is 2.04. The lowest BCUT2D eigenvalue weighted by Crippen LogP contribution is -2.19. The number of para-hydroxylation sites is 1. The number of amides is 1. The number of thioether (sulfide) groups is 1. The third kappa shape index (κ3) is 3.71. The molecule has 0 saturated heterocycles. The number of benzene rings is 1. The van der Waals surface area contributed by atoms with Crippen LogP contribution in [0.4, 0.5) is 10.8 Å². The molecule has 1 amide bonds. The molecule has 0 atom stereocenters. The second-order valence-corrected chi connectivity index (χ2v) is 5.53. The number of nitrogens with zero attached hydrogens (tertiary/aromatic N) is 2. The van der Waals surface area contributed by atoms with Crippen LogP contribution in [0.5, 0.6) is 0 Å². The molecule has 7 heteroatoms. The summed E-state index contributed by atoms with van der Waals surface area (Å²) in [6.45, 7) is 0. The van der Waals surface area contributed by atoms with Gasteiger partial charge in [0, 0.05) is 12.7 Å². The predicted octanol–water partition coefficient (Wildman–Crippen LogP) is 2.12. The van der Waals surface area contributed by atoms with Crippen molar-refractivity contribution in [3.8, 4) is 0 Å². The zero-order valence-corrected chi connectivity index (χ0v) is 11.3. The highest BCUT2D eigenvalue weighted by Crippen LogP contribution is 2.27. The summed E-state index contributed by atoms with van der Waals surface area (Å²) in [7, 11) is 1.62. The summed E-state index contributed by atoms with van der Waals surface area (Å²) in [5.41, 5.74) is 0.969. The first-order chi connectivity index (χ1) is 8.78. The van der Waals surface area contributed by atoms with Crippen molar-refractivity contribution in [2.45, 2.75) is 4.34 Å². The van der Waals surface area contributed by atoms with Gasteiger partial charge in [-0.25, -0.2) is 0 Å². The van der Waals surface area contributed by atoms with E-state index in [9.17, 15) is 4.79 Å². The molecular formula is C11H12N4OS2. The Kier molecular flexibility index (Phi) is 4.54. The minimum absolute atomic E-state index is 0.0206. The quantitative estimate of drug-likeness (QED) is 0.821. The summed E-state index contributed by atoms with van der Waals surface area (Å²) in [5.74, 6) is 0.337. The molecule has 0 aliphatic rings. The Morgan fingerprint density at radius 1 is 1.33 bits per heavy atom. The minimum Gasteiger partial charge on any atom is -0.358 e. The molecule has 1 aromatic carbocycles. The van der Waals surface area contributed by atoms with Gasteiger partial charge in [-0.2, -0.15) is 0 Å². The van der Waals surface area contributed by atoms with E-state index in [0.29, 0.717) is 5.75 Å².